The van der Waals surface area contributed by atoms with Gasteiger partial charge in [0.15, 0.2) is 0 Å². The van der Waals surface area contributed by atoms with Crippen LogP contribution in [0.4, 0.5) is 5.13 Å². The zero-order valence-corrected chi connectivity index (χ0v) is 20.0. The lowest BCUT2D eigenvalue weighted by atomic mass is 10.2. The molecule has 10 heteroatoms. The first-order valence-corrected chi connectivity index (χ1v) is 11.7. The highest BCUT2D eigenvalue weighted by Gasteiger charge is 2.25. The molecule has 5 nitrogen and oxygen atoms in total. The van der Waals surface area contributed by atoms with Gasteiger partial charge in [0.25, 0.3) is 5.91 Å². The number of amides is 1. The molecule has 0 saturated heterocycles. The third kappa shape index (κ3) is 4.53. The number of hydrogen-bond acceptors (Lipinski definition) is 6. The molecule has 2 heterocycles. The van der Waals surface area contributed by atoms with Crippen LogP contribution in [0.3, 0.4) is 0 Å². The Morgan fingerprint density at radius 1 is 1.17 bits per heavy atom. The van der Waals surface area contributed by atoms with Crippen molar-refractivity contribution in [3.8, 4) is 5.75 Å². The number of nitrogens with zero attached hydrogens (tertiary/aromatic N) is 3. The van der Waals surface area contributed by atoms with Crippen molar-refractivity contribution in [3.63, 3.8) is 0 Å². The van der Waals surface area contributed by atoms with Crippen LogP contribution in [-0.2, 0) is 0 Å². The van der Waals surface area contributed by atoms with Crippen molar-refractivity contribution < 1.29 is 9.53 Å². The molecule has 0 fully saturated rings. The molecule has 0 spiro atoms. The predicted molar refractivity (Wildman–Crippen MR) is 129 cm³/mol. The highest BCUT2D eigenvalue weighted by molar-refractivity contribution is 9.10. The number of rotatable bonds is 5. The maximum atomic E-state index is 13.3. The molecule has 1 amide bonds. The van der Waals surface area contributed by atoms with Crippen LogP contribution < -0.4 is 9.75 Å². The van der Waals surface area contributed by atoms with Crippen molar-refractivity contribution in [3.05, 3.63) is 72.8 Å². The summed E-state index contributed by atoms with van der Waals surface area (Å²) in [7, 11) is 1.60. The number of halogens is 3. The molecular weight excluding hydrogens is 529 g/mol. The van der Waals surface area contributed by atoms with Crippen LogP contribution in [0.2, 0.25) is 8.67 Å². The maximum absolute atomic E-state index is 13.3. The average Bonchev–Trinajstić information content (AvgIpc) is 3.30. The molecule has 30 heavy (non-hydrogen) atoms. The first kappa shape index (κ1) is 21.3. The van der Waals surface area contributed by atoms with E-state index >= 15 is 0 Å². The minimum Gasteiger partial charge on any atom is -0.497 e. The number of fused-ring (bicyclic) bond motifs is 1. The van der Waals surface area contributed by atoms with Gasteiger partial charge in [-0.25, -0.2) is 4.98 Å². The van der Waals surface area contributed by atoms with Gasteiger partial charge in [0.2, 0.25) is 5.13 Å². The third-order valence-electron chi connectivity index (χ3n) is 4.04. The van der Waals surface area contributed by atoms with Crippen molar-refractivity contribution in [2.24, 2.45) is 5.10 Å². The molecule has 2 aromatic carbocycles. The van der Waals surface area contributed by atoms with E-state index in [-0.39, 0.29) is 5.56 Å². The number of anilines is 1. The van der Waals surface area contributed by atoms with Gasteiger partial charge in [0.05, 0.1) is 33.4 Å². The molecular formula is C20H12BrCl2N3O2S2. The smallest absolute Gasteiger partial charge is 0.283 e. The summed E-state index contributed by atoms with van der Waals surface area (Å²) in [4.78, 5) is 17.8. The van der Waals surface area contributed by atoms with E-state index in [1.807, 2.05) is 42.5 Å². The number of carbonyl (C=O) groups is 1. The fourth-order valence-electron chi connectivity index (χ4n) is 2.57. The second-order valence-electron chi connectivity index (χ2n) is 5.98. The summed E-state index contributed by atoms with van der Waals surface area (Å²) in [6.45, 7) is 0. The Balaban J connectivity index is 1.77. The summed E-state index contributed by atoms with van der Waals surface area (Å²) in [6.07, 6.45) is 1.60. The molecule has 0 aliphatic rings. The Bertz CT molecular complexity index is 1250. The van der Waals surface area contributed by atoms with E-state index in [9.17, 15) is 4.79 Å². The van der Waals surface area contributed by atoms with Gasteiger partial charge in [-0.3, -0.25) is 4.79 Å². The van der Waals surface area contributed by atoms with Gasteiger partial charge in [-0.2, -0.15) is 10.1 Å². The average molecular weight is 541 g/mol. The van der Waals surface area contributed by atoms with Crippen LogP contribution in [0.25, 0.3) is 10.2 Å². The van der Waals surface area contributed by atoms with Crippen LogP contribution in [0.5, 0.6) is 5.75 Å². The van der Waals surface area contributed by atoms with Crippen LogP contribution in [0.15, 0.2) is 58.1 Å². The molecule has 0 unspecified atom stereocenters. The van der Waals surface area contributed by atoms with Crippen molar-refractivity contribution >= 4 is 89.3 Å². The second kappa shape index (κ2) is 9.03. The number of benzene rings is 2. The number of methoxy groups -OCH3 is 1. The Kier molecular flexibility index (Phi) is 6.40. The zero-order chi connectivity index (χ0) is 21.3. The van der Waals surface area contributed by atoms with Gasteiger partial charge in [0, 0.05) is 4.47 Å². The second-order valence-corrected chi connectivity index (χ2v) is 10.2. The zero-order valence-electron chi connectivity index (χ0n) is 15.3. The van der Waals surface area contributed by atoms with E-state index in [0.717, 1.165) is 31.6 Å². The number of ether oxygens (including phenoxy) is 1. The van der Waals surface area contributed by atoms with Crippen molar-refractivity contribution in [1.29, 1.82) is 0 Å². The number of thiazole rings is 1. The molecule has 4 rings (SSSR count). The Morgan fingerprint density at radius 2 is 1.93 bits per heavy atom. The predicted octanol–water partition coefficient (Wildman–Crippen LogP) is 7.12. The van der Waals surface area contributed by atoms with E-state index in [0.29, 0.717) is 19.6 Å². The SMILES string of the molecule is COc1ccc2nc(N(/N=C/c3ccc(Br)cc3)C(=O)c3cc(Cl)sc3Cl)sc2c1. The summed E-state index contributed by atoms with van der Waals surface area (Å²) in [5, 5.41) is 6.07. The lowest BCUT2D eigenvalue weighted by molar-refractivity contribution is 0.0988. The first-order valence-electron chi connectivity index (χ1n) is 8.48. The van der Waals surface area contributed by atoms with Gasteiger partial charge in [0.1, 0.15) is 10.1 Å². The largest absolute Gasteiger partial charge is 0.497 e. The van der Waals surface area contributed by atoms with E-state index in [1.165, 1.54) is 22.4 Å². The molecule has 0 N–H and O–H groups in total. The van der Waals surface area contributed by atoms with Crippen LogP contribution in [-0.4, -0.2) is 24.2 Å². The normalized spacial score (nSPS) is 11.3. The standard InChI is InChI=1S/C20H12BrCl2N3O2S2/c1-28-13-6-7-15-16(8-13)29-20(25-15)26(19(27)14-9-17(22)30-18(14)23)24-10-11-2-4-12(21)5-3-11/h2-10H,1H3/b24-10+. The monoisotopic (exact) mass is 539 g/mol. The lowest BCUT2D eigenvalue weighted by Gasteiger charge is -2.13. The summed E-state index contributed by atoms with van der Waals surface area (Å²) >= 11 is 18.1. The van der Waals surface area contributed by atoms with Crippen LogP contribution in [0.1, 0.15) is 15.9 Å². The molecule has 152 valence electrons. The number of carbonyl (C=O) groups excluding carboxylic acids is 1. The Morgan fingerprint density at radius 3 is 2.60 bits per heavy atom. The summed E-state index contributed by atoms with van der Waals surface area (Å²) < 4.78 is 7.83. The van der Waals surface area contributed by atoms with E-state index in [2.05, 4.69) is 26.0 Å². The number of hydrogen-bond donors (Lipinski definition) is 0. The third-order valence-corrected chi connectivity index (χ3v) is 7.05. The minimum atomic E-state index is -0.414. The van der Waals surface area contributed by atoms with E-state index in [4.69, 9.17) is 27.9 Å². The molecule has 0 atom stereocenters. The van der Waals surface area contributed by atoms with Gasteiger partial charge < -0.3 is 4.74 Å². The van der Waals surface area contributed by atoms with E-state index < -0.39 is 5.91 Å². The molecule has 0 saturated carbocycles. The molecule has 4 aromatic rings. The summed E-state index contributed by atoms with van der Waals surface area (Å²) in [5.74, 6) is 0.295. The molecule has 0 aliphatic heterocycles. The van der Waals surface area contributed by atoms with Crippen molar-refractivity contribution in [1.82, 2.24) is 4.98 Å². The Labute approximate surface area is 198 Å². The topological polar surface area (TPSA) is 54.8 Å². The van der Waals surface area contributed by atoms with Crippen molar-refractivity contribution in [2.75, 3.05) is 12.1 Å². The molecule has 2 aromatic heterocycles. The fraction of sp³-hybridized carbons (Fsp3) is 0.0500. The van der Waals surface area contributed by atoms with Gasteiger partial charge in [-0.05, 0) is 42.0 Å². The van der Waals surface area contributed by atoms with Crippen LogP contribution >= 0.6 is 61.8 Å². The lowest BCUT2D eigenvalue weighted by Crippen LogP contribution is -2.25. The first-order chi connectivity index (χ1) is 14.4. The van der Waals surface area contributed by atoms with Crippen LogP contribution in [0, 0.1) is 0 Å². The molecule has 0 aliphatic carbocycles. The van der Waals surface area contributed by atoms with E-state index in [1.54, 1.807) is 13.3 Å². The summed E-state index contributed by atoms with van der Waals surface area (Å²) in [6, 6.07) is 14.6. The highest BCUT2D eigenvalue weighted by Crippen LogP contribution is 2.36. The van der Waals surface area contributed by atoms with Gasteiger partial charge in [-0.15, -0.1) is 11.3 Å². The minimum absolute atomic E-state index is 0.274. The highest BCUT2D eigenvalue weighted by atomic mass is 79.9. The molecule has 0 bridgehead atoms. The maximum Gasteiger partial charge on any atom is 0.283 e. The summed E-state index contributed by atoms with van der Waals surface area (Å²) in [5.41, 5.74) is 1.84. The van der Waals surface area contributed by atoms with Gasteiger partial charge in [-0.1, -0.05) is 62.6 Å². The Hall–Kier alpha value is -1.97. The fourth-order valence-corrected chi connectivity index (χ4v) is 5.24. The quantitative estimate of drug-likeness (QED) is 0.200. The van der Waals surface area contributed by atoms with Gasteiger partial charge >= 0.3 is 0 Å². The molecule has 0 radical (unpaired) electrons. The number of aromatic nitrogens is 1. The number of hydrazone groups is 1. The number of thiophene rings is 1. The van der Waals surface area contributed by atoms with Crippen molar-refractivity contribution in [2.45, 2.75) is 0 Å².